The van der Waals surface area contributed by atoms with Crippen molar-refractivity contribution < 1.29 is 0 Å². The van der Waals surface area contributed by atoms with Crippen molar-refractivity contribution in [3.63, 3.8) is 0 Å². The summed E-state index contributed by atoms with van der Waals surface area (Å²) in [6.45, 7) is 6.85. The maximum Gasteiger partial charge on any atom is 0.0629 e. The van der Waals surface area contributed by atoms with E-state index in [0.717, 1.165) is 0 Å². The maximum absolute atomic E-state index is 2.67. The SMILES string of the molecule is C/C=C\C=C/C1=c2c(ccc3c2c2cc4c(cc2n3C2C=CCCC2)N(c2ccc3c(c2)C(C)(C)c2ccccc2-3)C2C=CC=CC42)=C1. The van der Waals surface area contributed by atoms with Crippen LogP contribution in [0.3, 0.4) is 0 Å². The zero-order valence-corrected chi connectivity index (χ0v) is 27.9. The summed E-state index contributed by atoms with van der Waals surface area (Å²) in [5, 5.41) is 5.55. The predicted molar refractivity (Wildman–Crippen MR) is 204 cm³/mol. The molecule has 2 nitrogen and oxygen atoms in total. The number of allylic oxidation sites excluding steroid dienone is 8. The molecule has 0 radical (unpaired) electrons. The second-order valence-electron chi connectivity index (χ2n) is 14.7. The number of nitrogens with zero attached hydrogens (tertiary/aromatic N) is 2. The van der Waals surface area contributed by atoms with E-state index in [4.69, 9.17) is 0 Å². The molecular weight excluding hydrogens is 581 g/mol. The summed E-state index contributed by atoms with van der Waals surface area (Å²) in [4.78, 5) is 2.64. The van der Waals surface area contributed by atoms with Crippen molar-refractivity contribution in [1.82, 2.24) is 4.57 Å². The molecule has 1 aliphatic heterocycles. The highest BCUT2D eigenvalue weighted by Gasteiger charge is 2.41. The van der Waals surface area contributed by atoms with Crippen molar-refractivity contribution in [2.24, 2.45) is 0 Å². The van der Waals surface area contributed by atoms with Gasteiger partial charge >= 0.3 is 0 Å². The fourth-order valence-corrected chi connectivity index (χ4v) is 9.49. The topological polar surface area (TPSA) is 8.17 Å². The molecule has 0 amide bonds. The Bertz CT molecular complexity index is 2490. The zero-order valence-electron chi connectivity index (χ0n) is 27.9. The summed E-state index contributed by atoms with van der Waals surface area (Å²) in [5.74, 6) is 0.306. The van der Waals surface area contributed by atoms with E-state index in [1.165, 1.54) is 96.3 Å². The molecule has 4 aromatic carbocycles. The average molecular weight is 621 g/mol. The van der Waals surface area contributed by atoms with Crippen LogP contribution in [0.5, 0.6) is 0 Å². The van der Waals surface area contributed by atoms with Crippen LogP contribution in [0.2, 0.25) is 0 Å². The number of aromatic nitrogens is 1. The molecule has 4 aliphatic carbocycles. The lowest BCUT2D eigenvalue weighted by Crippen LogP contribution is -2.34. The van der Waals surface area contributed by atoms with Crippen LogP contribution < -0.4 is 15.3 Å². The Kier molecular flexibility index (Phi) is 5.95. The van der Waals surface area contributed by atoms with Crippen LogP contribution in [0.15, 0.2) is 127 Å². The Hall–Kier alpha value is -5.08. The molecule has 0 saturated heterocycles. The Morgan fingerprint density at radius 2 is 1.71 bits per heavy atom. The number of anilines is 2. The van der Waals surface area contributed by atoms with Crippen LogP contribution in [-0.2, 0) is 5.41 Å². The van der Waals surface area contributed by atoms with E-state index in [1.807, 2.05) is 0 Å². The van der Waals surface area contributed by atoms with Crippen molar-refractivity contribution in [2.75, 3.05) is 4.90 Å². The molecule has 5 aromatic rings. The normalized spacial score (nSPS) is 22.7. The smallest absolute Gasteiger partial charge is 0.0629 e. The van der Waals surface area contributed by atoms with Gasteiger partial charge in [0, 0.05) is 33.5 Å². The number of benzene rings is 4. The van der Waals surface area contributed by atoms with Gasteiger partial charge in [-0.05, 0) is 106 Å². The molecule has 10 rings (SSSR count). The Morgan fingerprint density at radius 3 is 2.58 bits per heavy atom. The van der Waals surface area contributed by atoms with Crippen LogP contribution in [0.1, 0.15) is 68.7 Å². The first-order valence-corrected chi connectivity index (χ1v) is 17.8. The van der Waals surface area contributed by atoms with Crippen molar-refractivity contribution in [3.05, 3.63) is 155 Å². The summed E-state index contributed by atoms with van der Waals surface area (Å²) in [5.41, 5.74) is 13.7. The first-order chi connectivity index (χ1) is 23.5. The fraction of sp³-hybridized carbons (Fsp3) is 0.217. The minimum Gasteiger partial charge on any atom is -0.333 e. The van der Waals surface area contributed by atoms with E-state index < -0.39 is 0 Å². The molecule has 2 heteroatoms. The minimum absolute atomic E-state index is 0.0373. The molecule has 5 aliphatic rings. The molecule has 0 bridgehead atoms. The number of rotatable bonds is 4. The molecule has 234 valence electrons. The first-order valence-electron chi connectivity index (χ1n) is 17.8. The van der Waals surface area contributed by atoms with Gasteiger partial charge in [0.1, 0.15) is 0 Å². The van der Waals surface area contributed by atoms with Gasteiger partial charge in [-0.25, -0.2) is 0 Å². The van der Waals surface area contributed by atoms with E-state index in [2.05, 4.69) is 164 Å². The third kappa shape index (κ3) is 3.75. The van der Waals surface area contributed by atoms with Crippen LogP contribution in [-0.4, -0.2) is 10.6 Å². The quantitative estimate of drug-likeness (QED) is 0.143. The molecule has 0 saturated carbocycles. The molecule has 3 unspecified atom stereocenters. The monoisotopic (exact) mass is 620 g/mol. The van der Waals surface area contributed by atoms with E-state index >= 15 is 0 Å². The number of hydrogen-bond donors (Lipinski definition) is 0. The van der Waals surface area contributed by atoms with Gasteiger partial charge < -0.3 is 9.47 Å². The predicted octanol–water partition coefficient (Wildman–Crippen LogP) is 10.2. The van der Waals surface area contributed by atoms with E-state index in [9.17, 15) is 0 Å². The molecule has 2 heterocycles. The average Bonchev–Trinajstić information content (AvgIpc) is 3.68. The van der Waals surface area contributed by atoms with Gasteiger partial charge in [-0.1, -0.05) is 111 Å². The standard InChI is InChI=1S/C46H40N2/c1-4-5-7-14-29-25-30-21-24-41-45(44(29)30)37-27-36-35-18-11-13-20-40(35)48(42(36)28-43(37)47(41)31-15-8-6-9-16-31)32-22-23-34-33-17-10-12-19-38(33)46(2,3)39(34)26-32/h4-5,7-8,10-15,17-28,31,35,40H,6,9,16H2,1-3H3/b5-4-,14-7-. The molecule has 0 N–H and O–H groups in total. The number of hydrogen-bond acceptors (Lipinski definition) is 1. The van der Waals surface area contributed by atoms with Crippen LogP contribution in [0.25, 0.3) is 44.6 Å². The Labute approximate surface area is 282 Å². The Morgan fingerprint density at radius 1 is 0.833 bits per heavy atom. The highest BCUT2D eigenvalue weighted by molar-refractivity contribution is 6.13. The van der Waals surface area contributed by atoms with Crippen LogP contribution in [0, 0.1) is 0 Å². The van der Waals surface area contributed by atoms with Gasteiger partial charge in [0.2, 0.25) is 0 Å². The molecule has 1 aromatic heterocycles. The largest absolute Gasteiger partial charge is 0.333 e. The maximum atomic E-state index is 2.67. The molecule has 48 heavy (non-hydrogen) atoms. The van der Waals surface area contributed by atoms with Gasteiger partial charge in [0.15, 0.2) is 0 Å². The van der Waals surface area contributed by atoms with Crippen molar-refractivity contribution in [2.45, 2.75) is 63.5 Å². The van der Waals surface area contributed by atoms with Gasteiger partial charge in [-0.15, -0.1) is 0 Å². The second kappa shape index (κ2) is 10.2. The molecule has 0 fully saturated rings. The van der Waals surface area contributed by atoms with Crippen molar-refractivity contribution in [3.8, 4) is 11.1 Å². The van der Waals surface area contributed by atoms with Crippen LogP contribution >= 0.6 is 0 Å². The third-order valence-electron chi connectivity index (χ3n) is 11.8. The minimum atomic E-state index is -0.0373. The highest BCUT2D eigenvalue weighted by atomic mass is 15.2. The summed E-state index contributed by atoms with van der Waals surface area (Å²) < 4.78 is 2.67. The second-order valence-corrected chi connectivity index (χ2v) is 14.7. The third-order valence-corrected chi connectivity index (χ3v) is 11.8. The molecule has 0 spiro atoms. The van der Waals surface area contributed by atoms with E-state index in [0.29, 0.717) is 12.0 Å². The number of fused-ring (bicyclic) bond motifs is 11. The first kappa shape index (κ1) is 28.0. The lowest BCUT2D eigenvalue weighted by atomic mass is 9.82. The lowest BCUT2D eigenvalue weighted by Gasteiger charge is -2.30. The van der Waals surface area contributed by atoms with Gasteiger partial charge in [0.25, 0.3) is 0 Å². The summed E-state index contributed by atoms with van der Waals surface area (Å²) in [7, 11) is 0. The molecular formula is C46H40N2. The zero-order chi connectivity index (χ0) is 32.1. The van der Waals surface area contributed by atoms with E-state index in [1.54, 1.807) is 0 Å². The summed E-state index contributed by atoms with van der Waals surface area (Å²) >= 11 is 0. The fourth-order valence-electron chi connectivity index (χ4n) is 9.49. The van der Waals surface area contributed by atoms with Gasteiger partial charge in [-0.3, -0.25) is 0 Å². The van der Waals surface area contributed by atoms with Gasteiger partial charge in [0.05, 0.1) is 23.1 Å². The van der Waals surface area contributed by atoms with Crippen molar-refractivity contribution >= 4 is 44.8 Å². The Balaban J connectivity index is 1.23. The highest BCUT2D eigenvalue weighted by Crippen LogP contribution is 2.54. The van der Waals surface area contributed by atoms with Crippen LogP contribution in [0.4, 0.5) is 11.4 Å². The summed E-state index contributed by atoms with van der Waals surface area (Å²) in [6.07, 6.45) is 28.8. The van der Waals surface area contributed by atoms with Gasteiger partial charge in [-0.2, -0.15) is 0 Å². The molecule has 3 atom stereocenters. The van der Waals surface area contributed by atoms with Crippen molar-refractivity contribution in [1.29, 1.82) is 0 Å². The lowest BCUT2D eigenvalue weighted by molar-refractivity contribution is 0.542. The summed E-state index contributed by atoms with van der Waals surface area (Å²) in [6, 6.07) is 26.6. The van der Waals surface area contributed by atoms with E-state index in [-0.39, 0.29) is 11.5 Å².